The topological polar surface area (TPSA) is 21.1 Å². The Labute approximate surface area is 310 Å². The molecule has 0 fully saturated rings. The third kappa shape index (κ3) is 5.00. The van der Waals surface area contributed by atoms with Crippen molar-refractivity contribution in [2.24, 2.45) is 0 Å². The van der Waals surface area contributed by atoms with Gasteiger partial charge in [0.2, 0.25) is 0 Å². The summed E-state index contributed by atoms with van der Waals surface area (Å²) in [6, 6.07) is 67.5. The molecule has 1 aliphatic carbocycles. The van der Waals surface area contributed by atoms with Crippen molar-refractivity contribution < 1.29 is 0 Å². The minimum atomic E-state index is -0.243. The van der Waals surface area contributed by atoms with E-state index in [0.29, 0.717) is 0 Å². The quantitative estimate of drug-likeness (QED) is 0.174. The Morgan fingerprint density at radius 3 is 1.72 bits per heavy atom. The van der Waals surface area contributed by atoms with Gasteiger partial charge in [0, 0.05) is 39.1 Å². The number of imidazole rings is 1. The van der Waals surface area contributed by atoms with Crippen LogP contribution >= 0.6 is 0 Å². The van der Waals surface area contributed by atoms with E-state index < -0.39 is 0 Å². The first-order valence-electron chi connectivity index (χ1n) is 18.3. The van der Waals surface area contributed by atoms with Crippen LogP contribution < -0.4 is 4.90 Å². The Hall–Kier alpha value is -6.71. The van der Waals surface area contributed by atoms with E-state index in [2.05, 4.69) is 211 Å². The summed E-state index contributed by atoms with van der Waals surface area (Å²) < 4.78 is 2.34. The van der Waals surface area contributed by atoms with Gasteiger partial charge in [-0.05, 0) is 93.4 Å². The predicted molar refractivity (Wildman–Crippen MR) is 222 cm³/mol. The highest BCUT2D eigenvalue weighted by Crippen LogP contribution is 2.53. The van der Waals surface area contributed by atoms with E-state index in [9.17, 15) is 0 Å². The lowest BCUT2D eigenvalue weighted by molar-refractivity contribution is 0.666. The first-order chi connectivity index (χ1) is 26.1. The fourth-order valence-electron chi connectivity index (χ4n) is 8.50. The molecular formula is C50H37N3. The highest BCUT2D eigenvalue weighted by molar-refractivity contribution is 6.11. The Morgan fingerprint density at radius 1 is 0.472 bits per heavy atom. The zero-order valence-electron chi connectivity index (χ0n) is 29.7. The molecule has 252 valence electrons. The summed E-state index contributed by atoms with van der Waals surface area (Å²) in [4.78, 5) is 7.62. The second kappa shape index (κ2) is 12.2. The molecule has 1 heterocycles. The van der Waals surface area contributed by atoms with Crippen molar-refractivity contribution >= 4 is 38.9 Å². The number of hydrogen-bond donors (Lipinski definition) is 0. The molecule has 3 nitrogen and oxygen atoms in total. The largest absolute Gasteiger partial charge is 0.310 e. The lowest BCUT2D eigenvalue weighted by Crippen LogP contribution is -2.17. The van der Waals surface area contributed by atoms with Gasteiger partial charge in [-0.15, -0.1) is 0 Å². The third-order valence-electron chi connectivity index (χ3n) is 11.0. The highest BCUT2D eigenvalue weighted by atomic mass is 15.1. The Morgan fingerprint density at radius 2 is 1.02 bits per heavy atom. The molecule has 0 aliphatic heterocycles. The SMILES string of the molecule is CC1(C)c2cc(N(c3ccccc3)c3ccc(-c4ccccc4)cc3)ccc2-c2ccc3c(ccc4nc(-c5ccccc5)n(-c5ccccc5)c43)c21. The molecule has 53 heavy (non-hydrogen) atoms. The lowest BCUT2D eigenvalue weighted by atomic mass is 9.80. The number of benzene rings is 8. The first kappa shape index (κ1) is 31.1. The summed E-state index contributed by atoms with van der Waals surface area (Å²) in [5.41, 5.74) is 15.2. The summed E-state index contributed by atoms with van der Waals surface area (Å²) in [7, 11) is 0. The monoisotopic (exact) mass is 679 g/mol. The van der Waals surface area contributed by atoms with Gasteiger partial charge in [-0.2, -0.15) is 0 Å². The molecular weight excluding hydrogens is 643 g/mol. The van der Waals surface area contributed by atoms with Crippen LogP contribution in [0.4, 0.5) is 17.1 Å². The van der Waals surface area contributed by atoms with Crippen molar-refractivity contribution in [3.63, 3.8) is 0 Å². The molecule has 1 aliphatic rings. The molecule has 1 aromatic heterocycles. The summed E-state index contributed by atoms with van der Waals surface area (Å²) in [6.07, 6.45) is 0. The van der Waals surface area contributed by atoms with Gasteiger partial charge in [0.1, 0.15) is 5.82 Å². The molecule has 10 rings (SSSR count). The molecule has 8 aromatic carbocycles. The van der Waals surface area contributed by atoms with Gasteiger partial charge < -0.3 is 4.90 Å². The van der Waals surface area contributed by atoms with E-state index in [-0.39, 0.29) is 5.41 Å². The van der Waals surface area contributed by atoms with Crippen molar-refractivity contribution in [1.29, 1.82) is 0 Å². The van der Waals surface area contributed by atoms with E-state index >= 15 is 0 Å². The molecule has 9 aromatic rings. The maximum atomic E-state index is 5.25. The van der Waals surface area contributed by atoms with Crippen LogP contribution in [0.5, 0.6) is 0 Å². The second-order valence-corrected chi connectivity index (χ2v) is 14.4. The average Bonchev–Trinajstić information content (AvgIpc) is 3.72. The van der Waals surface area contributed by atoms with Gasteiger partial charge in [-0.25, -0.2) is 4.98 Å². The summed E-state index contributed by atoms with van der Waals surface area (Å²) in [5, 5.41) is 2.48. The normalized spacial score (nSPS) is 12.9. The lowest BCUT2D eigenvalue weighted by Gasteiger charge is -2.28. The number of fused-ring (bicyclic) bond motifs is 7. The minimum Gasteiger partial charge on any atom is -0.310 e. The van der Waals surface area contributed by atoms with Crippen LogP contribution in [-0.4, -0.2) is 9.55 Å². The summed E-state index contributed by atoms with van der Waals surface area (Å²) >= 11 is 0. The Balaban J connectivity index is 1.13. The molecule has 3 heteroatoms. The highest BCUT2D eigenvalue weighted by Gasteiger charge is 2.38. The zero-order chi connectivity index (χ0) is 35.5. The summed E-state index contributed by atoms with van der Waals surface area (Å²) in [5.74, 6) is 0.949. The molecule has 0 bridgehead atoms. The molecule has 0 radical (unpaired) electrons. The standard InChI is InChI=1S/C50H37N3/c1-50(2)45-33-40(52(37-19-11-5-12-20-37)39-25-23-35(24-26-39)34-15-7-3-8-16-34)27-28-41(45)42-29-30-44-43(47(42)50)31-32-46-48(44)53(38-21-13-6-14-22-38)49(51-46)36-17-9-4-10-18-36/h3-33H,1-2H3. The van der Waals surface area contributed by atoms with Crippen molar-refractivity contribution in [3.05, 3.63) is 199 Å². The fraction of sp³-hybridized carbons (Fsp3) is 0.0600. The predicted octanol–water partition coefficient (Wildman–Crippen LogP) is 13.3. The average molecular weight is 680 g/mol. The van der Waals surface area contributed by atoms with Crippen LogP contribution in [0, 0.1) is 0 Å². The van der Waals surface area contributed by atoms with Gasteiger partial charge in [-0.1, -0.05) is 147 Å². The molecule has 0 unspecified atom stereocenters. The number of anilines is 3. The first-order valence-corrected chi connectivity index (χ1v) is 18.3. The van der Waals surface area contributed by atoms with Gasteiger partial charge >= 0.3 is 0 Å². The van der Waals surface area contributed by atoms with Crippen LogP contribution in [0.15, 0.2) is 188 Å². The smallest absolute Gasteiger partial charge is 0.145 e. The van der Waals surface area contributed by atoms with E-state index in [1.54, 1.807) is 0 Å². The van der Waals surface area contributed by atoms with Crippen LogP contribution in [0.2, 0.25) is 0 Å². The molecule has 0 N–H and O–H groups in total. The van der Waals surface area contributed by atoms with Crippen LogP contribution in [0.25, 0.3) is 61.1 Å². The molecule has 0 saturated carbocycles. The van der Waals surface area contributed by atoms with E-state index in [1.807, 2.05) is 0 Å². The van der Waals surface area contributed by atoms with E-state index in [4.69, 9.17) is 4.98 Å². The number of rotatable bonds is 6. The van der Waals surface area contributed by atoms with Crippen LogP contribution in [0.3, 0.4) is 0 Å². The Kier molecular flexibility index (Phi) is 7.16. The Bertz CT molecular complexity index is 2770. The molecule has 0 amide bonds. The van der Waals surface area contributed by atoms with Crippen molar-refractivity contribution in [3.8, 4) is 39.3 Å². The summed E-state index contributed by atoms with van der Waals surface area (Å²) in [6.45, 7) is 4.77. The van der Waals surface area contributed by atoms with Gasteiger partial charge in [0.25, 0.3) is 0 Å². The van der Waals surface area contributed by atoms with Gasteiger partial charge in [0.05, 0.1) is 11.0 Å². The van der Waals surface area contributed by atoms with Crippen molar-refractivity contribution in [1.82, 2.24) is 9.55 Å². The number of aromatic nitrogens is 2. The van der Waals surface area contributed by atoms with Gasteiger partial charge in [0.15, 0.2) is 0 Å². The zero-order valence-corrected chi connectivity index (χ0v) is 29.7. The minimum absolute atomic E-state index is 0.243. The fourth-order valence-corrected chi connectivity index (χ4v) is 8.50. The molecule has 0 spiro atoms. The molecule has 0 saturated heterocycles. The van der Waals surface area contributed by atoms with Crippen LogP contribution in [-0.2, 0) is 5.41 Å². The third-order valence-corrected chi connectivity index (χ3v) is 11.0. The van der Waals surface area contributed by atoms with Crippen molar-refractivity contribution in [2.45, 2.75) is 19.3 Å². The number of para-hydroxylation sites is 2. The number of hydrogen-bond acceptors (Lipinski definition) is 2. The number of nitrogens with zero attached hydrogens (tertiary/aromatic N) is 3. The van der Waals surface area contributed by atoms with Crippen LogP contribution in [0.1, 0.15) is 25.0 Å². The van der Waals surface area contributed by atoms with Crippen molar-refractivity contribution in [2.75, 3.05) is 4.90 Å². The second-order valence-electron chi connectivity index (χ2n) is 14.4. The maximum Gasteiger partial charge on any atom is 0.145 e. The maximum absolute atomic E-state index is 5.25. The molecule has 0 atom stereocenters. The van der Waals surface area contributed by atoms with Gasteiger partial charge in [-0.3, -0.25) is 4.57 Å². The van der Waals surface area contributed by atoms with E-state index in [0.717, 1.165) is 45.2 Å². The van der Waals surface area contributed by atoms with E-state index in [1.165, 1.54) is 44.2 Å².